The van der Waals surface area contributed by atoms with Crippen molar-refractivity contribution in [2.45, 2.75) is 36.4 Å². The number of hydrogen-bond donors (Lipinski definition) is 0. The van der Waals surface area contributed by atoms with E-state index in [-0.39, 0.29) is 10.3 Å². The Morgan fingerprint density at radius 3 is 2.36 bits per heavy atom. The van der Waals surface area contributed by atoms with Crippen molar-refractivity contribution in [1.29, 1.82) is 0 Å². The second-order valence-electron chi connectivity index (χ2n) is 2.93. The molecule has 0 saturated heterocycles. The monoisotopic (exact) mass is 410 g/mol. The van der Waals surface area contributed by atoms with Crippen molar-refractivity contribution < 1.29 is 7.48 Å². The molecular formula is C7H10BrO2Tl. The van der Waals surface area contributed by atoms with Gasteiger partial charge in [-0.3, -0.25) is 0 Å². The Morgan fingerprint density at radius 2 is 1.91 bits per heavy atom. The van der Waals surface area contributed by atoms with E-state index in [4.69, 9.17) is 2.69 Å². The zero-order valence-electron chi connectivity index (χ0n) is 6.31. The van der Waals surface area contributed by atoms with Crippen molar-refractivity contribution in [3.05, 3.63) is 0 Å². The first-order valence-corrected chi connectivity index (χ1v) is 6.42. The predicted octanol–water partition coefficient (Wildman–Crippen LogP) is 1.71. The van der Waals surface area contributed by atoms with Crippen molar-refractivity contribution >= 4 is 48.1 Å². The van der Waals surface area contributed by atoms with Crippen LogP contribution in [-0.2, 0) is 7.48 Å². The van der Waals surface area contributed by atoms with Gasteiger partial charge in [0.1, 0.15) is 0 Å². The average Bonchev–Trinajstić information content (AvgIpc) is 2.04. The molecule has 0 aromatic heterocycles. The number of carbonyl (C=O) groups is 1. The van der Waals surface area contributed by atoms with E-state index in [1.807, 2.05) is 0 Å². The van der Waals surface area contributed by atoms with Crippen LogP contribution in [0.1, 0.15) is 32.1 Å². The normalized spacial score (nSPS) is 22.5. The molecular weight excluding hydrogens is 400 g/mol. The van der Waals surface area contributed by atoms with Crippen LogP contribution in [0, 0.1) is 0 Å². The molecule has 0 heterocycles. The Morgan fingerprint density at radius 1 is 1.36 bits per heavy atom. The second-order valence-corrected chi connectivity index (χ2v) is 5.37. The van der Waals surface area contributed by atoms with Crippen LogP contribution < -0.4 is 0 Å². The fourth-order valence-corrected chi connectivity index (χ4v) is 3.62. The second kappa shape index (κ2) is 4.21. The topological polar surface area (TPSA) is 26.3 Å². The molecule has 60 valence electrons. The van der Waals surface area contributed by atoms with E-state index in [1.54, 1.807) is 0 Å². The zero-order valence-corrected chi connectivity index (χ0v) is 12.4. The molecule has 1 rings (SSSR count). The third kappa shape index (κ3) is 2.40. The number of rotatable bonds is 1. The van der Waals surface area contributed by atoms with Gasteiger partial charge in [-0.15, -0.1) is 0 Å². The molecule has 0 atom stereocenters. The molecule has 0 aromatic carbocycles. The van der Waals surface area contributed by atoms with Gasteiger partial charge in [-0.25, -0.2) is 0 Å². The van der Waals surface area contributed by atoms with Gasteiger partial charge in [0, 0.05) is 0 Å². The van der Waals surface area contributed by atoms with Gasteiger partial charge in [0.05, 0.1) is 0 Å². The first-order valence-electron chi connectivity index (χ1n) is 3.79. The summed E-state index contributed by atoms with van der Waals surface area (Å²) in [6, 6.07) is 0. The standard InChI is InChI=1S/C7H11BrO2.Tl/c8-7(6(9)10)4-2-1-3-5-7;/h1-5H2,(H,9,10);/q;+1/p-1. The Hall–Kier alpha value is 0.872. The van der Waals surface area contributed by atoms with Gasteiger partial charge in [-0.2, -0.15) is 0 Å². The number of halogens is 1. The van der Waals surface area contributed by atoms with E-state index in [2.05, 4.69) is 15.9 Å². The molecule has 0 spiro atoms. The van der Waals surface area contributed by atoms with Gasteiger partial charge < -0.3 is 0 Å². The van der Waals surface area contributed by atoms with Crippen LogP contribution >= 0.6 is 15.9 Å². The van der Waals surface area contributed by atoms with E-state index in [1.165, 1.54) is 6.42 Å². The summed E-state index contributed by atoms with van der Waals surface area (Å²) in [7, 11) is 0. The summed E-state index contributed by atoms with van der Waals surface area (Å²) in [5.74, 6) is -0.0396. The van der Waals surface area contributed by atoms with Crippen molar-refractivity contribution in [3.8, 4) is 0 Å². The van der Waals surface area contributed by atoms with E-state index >= 15 is 0 Å². The van der Waals surface area contributed by atoms with Gasteiger partial charge >= 0.3 is 92.0 Å². The Bertz CT molecular complexity index is 155. The fourth-order valence-electron chi connectivity index (χ4n) is 1.42. The van der Waals surface area contributed by atoms with E-state index in [9.17, 15) is 4.79 Å². The van der Waals surface area contributed by atoms with Crippen LogP contribution in [0.15, 0.2) is 0 Å². The van der Waals surface area contributed by atoms with Crippen LogP contribution in [0.3, 0.4) is 0 Å². The van der Waals surface area contributed by atoms with Crippen molar-refractivity contribution in [3.63, 3.8) is 0 Å². The maximum absolute atomic E-state index is 11.3. The molecule has 0 N–H and O–H groups in total. The summed E-state index contributed by atoms with van der Waals surface area (Å²) in [5, 5.41) is 0. The van der Waals surface area contributed by atoms with Crippen LogP contribution in [0.4, 0.5) is 0 Å². The van der Waals surface area contributed by atoms with Crippen molar-refractivity contribution in [2.75, 3.05) is 0 Å². The maximum atomic E-state index is 11.3. The Kier molecular flexibility index (Phi) is 3.81. The molecule has 0 aromatic rings. The average molecular weight is 410 g/mol. The van der Waals surface area contributed by atoms with Crippen LogP contribution in [0.2, 0.25) is 0 Å². The first-order chi connectivity index (χ1) is 5.19. The van der Waals surface area contributed by atoms with E-state index in [0.717, 1.165) is 25.7 Å². The quantitative estimate of drug-likeness (QED) is 0.486. The number of hydrogen-bond acceptors (Lipinski definition) is 2. The molecule has 11 heavy (non-hydrogen) atoms. The molecule has 2 nitrogen and oxygen atoms in total. The van der Waals surface area contributed by atoms with Gasteiger partial charge in [0.2, 0.25) is 0 Å². The van der Waals surface area contributed by atoms with Crippen molar-refractivity contribution in [2.24, 2.45) is 0 Å². The summed E-state index contributed by atoms with van der Waals surface area (Å²) < 4.78 is 4.55. The van der Waals surface area contributed by atoms with E-state index < -0.39 is 0 Å². The summed E-state index contributed by atoms with van der Waals surface area (Å²) in [5.41, 5.74) is 0. The molecule has 1 aliphatic rings. The number of alkyl halides is 1. The van der Waals surface area contributed by atoms with Gasteiger partial charge in [0.15, 0.2) is 0 Å². The summed E-state index contributed by atoms with van der Waals surface area (Å²) in [6.07, 6.45) is 5.43. The molecule has 0 radical (unpaired) electrons. The van der Waals surface area contributed by atoms with Gasteiger partial charge in [-0.05, 0) is 0 Å². The summed E-state index contributed by atoms with van der Waals surface area (Å²) >= 11 is 3.80. The summed E-state index contributed by atoms with van der Waals surface area (Å²) in [4.78, 5) is 11.3. The van der Waals surface area contributed by atoms with Crippen LogP contribution in [0.5, 0.6) is 0 Å². The first kappa shape index (κ1) is 9.96. The minimum absolute atomic E-state index is 0.0396. The van der Waals surface area contributed by atoms with Crippen molar-refractivity contribution in [1.82, 2.24) is 0 Å². The third-order valence-electron chi connectivity index (χ3n) is 2.12. The molecule has 1 fully saturated rings. The molecule has 0 aliphatic heterocycles. The van der Waals surface area contributed by atoms with Crippen LogP contribution in [0.25, 0.3) is 0 Å². The van der Waals surface area contributed by atoms with E-state index in [0.29, 0.717) is 26.2 Å². The molecule has 1 aliphatic carbocycles. The third-order valence-corrected chi connectivity index (χ3v) is 4.07. The van der Waals surface area contributed by atoms with Gasteiger partial charge in [-0.1, -0.05) is 0 Å². The van der Waals surface area contributed by atoms with Crippen LogP contribution in [-0.4, -0.2) is 36.5 Å². The Balaban J connectivity index is 2.56. The predicted molar refractivity (Wildman–Crippen MR) is 46.6 cm³/mol. The molecule has 0 unspecified atom stereocenters. The molecule has 4 heteroatoms. The minimum atomic E-state index is -0.319. The summed E-state index contributed by atoms with van der Waals surface area (Å²) in [6.45, 7) is 0. The molecule has 1 saturated carbocycles. The zero-order chi connectivity index (χ0) is 8.32. The van der Waals surface area contributed by atoms with Gasteiger partial charge in [0.25, 0.3) is 0 Å². The molecule has 0 amide bonds. The fraction of sp³-hybridized carbons (Fsp3) is 0.857. The molecule has 0 bridgehead atoms. The Labute approximate surface area is 91.5 Å². The SMILES string of the molecule is O=C([O][Tl])C1(Br)CCCCC1. The number of carbonyl (C=O) groups excluding carboxylic acids is 1.